The van der Waals surface area contributed by atoms with Gasteiger partial charge in [-0.2, -0.15) is 0 Å². The number of aromatic nitrogens is 2. The van der Waals surface area contributed by atoms with Gasteiger partial charge in [-0.25, -0.2) is 4.98 Å². The van der Waals surface area contributed by atoms with Gasteiger partial charge in [-0.05, 0) is 49.8 Å². The second-order valence-corrected chi connectivity index (χ2v) is 6.57. The van der Waals surface area contributed by atoms with Crippen LogP contribution in [0.2, 0.25) is 0 Å². The van der Waals surface area contributed by atoms with Crippen molar-refractivity contribution in [2.24, 2.45) is 0 Å². The number of carbonyl (C=O) groups is 1. The zero-order chi connectivity index (χ0) is 15.0. The van der Waals surface area contributed by atoms with Crippen LogP contribution in [0.5, 0.6) is 0 Å². The average molecular weight is 295 g/mol. The smallest absolute Gasteiger partial charge is 0.254 e. The second kappa shape index (κ2) is 5.27. The SMILES string of the molecule is O=C(c1cccc(Cn2ccnc2)c1)N1CCCC12CCC2. The maximum atomic E-state index is 12.9. The molecule has 4 heteroatoms. The van der Waals surface area contributed by atoms with E-state index in [1.54, 1.807) is 12.5 Å². The van der Waals surface area contributed by atoms with Gasteiger partial charge in [-0.3, -0.25) is 4.79 Å². The van der Waals surface area contributed by atoms with Gasteiger partial charge in [-0.1, -0.05) is 12.1 Å². The monoisotopic (exact) mass is 295 g/mol. The van der Waals surface area contributed by atoms with Crippen molar-refractivity contribution in [2.75, 3.05) is 6.54 Å². The lowest BCUT2D eigenvalue weighted by atomic mass is 9.74. The Balaban J connectivity index is 1.56. The van der Waals surface area contributed by atoms with Crippen LogP contribution < -0.4 is 0 Å². The molecule has 1 aromatic carbocycles. The third-order valence-corrected chi connectivity index (χ3v) is 5.22. The zero-order valence-corrected chi connectivity index (χ0v) is 12.7. The third kappa shape index (κ3) is 2.23. The summed E-state index contributed by atoms with van der Waals surface area (Å²) < 4.78 is 2.02. The van der Waals surface area contributed by atoms with Crippen molar-refractivity contribution in [1.29, 1.82) is 0 Å². The molecule has 1 spiro atoms. The molecule has 1 aromatic heterocycles. The Labute approximate surface area is 130 Å². The quantitative estimate of drug-likeness (QED) is 0.872. The van der Waals surface area contributed by atoms with Crippen LogP contribution in [0.4, 0.5) is 0 Å². The van der Waals surface area contributed by atoms with Crippen LogP contribution in [0.25, 0.3) is 0 Å². The Morgan fingerprint density at radius 2 is 2.09 bits per heavy atom. The molecule has 1 saturated carbocycles. The molecule has 1 amide bonds. The largest absolute Gasteiger partial charge is 0.333 e. The molecule has 4 nitrogen and oxygen atoms in total. The number of hydrogen-bond acceptors (Lipinski definition) is 2. The Bertz CT molecular complexity index is 673. The topological polar surface area (TPSA) is 38.1 Å². The van der Waals surface area contributed by atoms with Crippen molar-refractivity contribution >= 4 is 5.91 Å². The van der Waals surface area contributed by atoms with E-state index in [1.165, 1.54) is 25.7 Å². The van der Waals surface area contributed by atoms with Gasteiger partial charge in [0.1, 0.15) is 0 Å². The van der Waals surface area contributed by atoms with Crippen LogP contribution in [0.1, 0.15) is 48.0 Å². The van der Waals surface area contributed by atoms with Crippen LogP contribution in [0, 0.1) is 0 Å². The lowest BCUT2D eigenvalue weighted by Gasteiger charge is -2.46. The highest BCUT2D eigenvalue weighted by Gasteiger charge is 2.47. The third-order valence-electron chi connectivity index (χ3n) is 5.22. The minimum Gasteiger partial charge on any atom is -0.333 e. The summed E-state index contributed by atoms with van der Waals surface area (Å²) in [5, 5.41) is 0. The van der Waals surface area contributed by atoms with Crippen molar-refractivity contribution in [2.45, 2.75) is 44.2 Å². The summed E-state index contributed by atoms with van der Waals surface area (Å²) in [6.07, 6.45) is 11.5. The van der Waals surface area contributed by atoms with Gasteiger partial charge in [-0.15, -0.1) is 0 Å². The molecular formula is C18H21N3O. The molecule has 2 aliphatic rings. The number of amides is 1. The fraction of sp³-hybridized carbons (Fsp3) is 0.444. The zero-order valence-electron chi connectivity index (χ0n) is 12.7. The highest BCUT2D eigenvalue weighted by atomic mass is 16.2. The highest BCUT2D eigenvalue weighted by molar-refractivity contribution is 5.95. The number of rotatable bonds is 3. The molecule has 0 radical (unpaired) electrons. The summed E-state index contributed by atoms with van der Waals surface area (Å²) in [5.74, 6) is 0.213. The van der Waals surface area contributed by atoms with Gasteiger partial charge in [0.2, 0.25) is 0 Å². The Morgan fingerprint density at radius 3 is 2.82 bits per heavy atom. The van der Waals surface area contributed by atoms with E-state index in [0.29, 0.717) is 0 Å². The molecule has 0 bridgehead atoms. The fourth-order valence-corrected chi connectivity index (χ4v) is 3.91. The molecule has 1 aliphatic carbocycles. The van der Waals surface area contributed by atoms with E-state index in [-0.39, 0.29) is 11.4 Å². The molecule has 4 rings (SSSR count). The Kier molecular flexibility index (Phi) is 3.25. The first kappa shape index (κ1) is 13.6. The lowest BCUT2D eigenvalue weighted by Crippen LogP contribution is -2.51. The first-order chi connectivity index (χ1) is 10.8. The van der Waals surface area contributed by atoms with Gasteiger partial charge in [0, 0.05) is 36.6 Å². The van der Waals surface area contributed by atoms with Crippen LogP contribution in [-0.2, 0) is 6.54 Å². The number of imidazole rings is 1. The summed E-state index contributed by atoms with van der Waals surface area (Å²) >= 11 is 0. The molecular weight excluding hydrogens is 274 g/mol. The molecule has 114 valence electrons. The first-order valence-electron chi connectivity index (χ1n) is 8.14. The van der Waals surface area contributed by atoms with E-state index < -0.39 is 0 Å². The molecule has 2 aromatic rings. The molecule has 2 fully saturated rings. The predicted molar refractivity (Wildman–Crippen MR) is 84.6 cm³/mol. The van der Waals surface area contributed by atoms with E-state index in [1.807, 2.05) is 29.0 Å². The number of benzene rings is 1. The molecule has 2 heterocycles. The minimum atomic E-state index is 0.192. The van der Waals surface area contributed by atoms with Crippen molar-refractivity contribution in [3.8, 4) is 0 Å². The molecule has 0 atom stereocenters. The first-order valence-corrected chi connectivity index (χ1v) is 8.14. The van der Waals surface area contributed by atoms with Crippen LogP contribution in [-0.4, -0.2) is 32.4 Å². The summed E-state index contributed by atoms with van der Waals surface area (Å²) in [6, 6.07) is 8.04. The van der Waals surface area contributed by atoms with E-state index in [2.05, 4.69) is 16.0 Å². The molecule has 22 heavy (non-hydrogen) atoms. The summed E-state index contributed by atoms with van der Waals surface area (Å²) in [4.78, 5) is 19.1. The van der Waals surface area contributed by atoms with Crippen molar-refractivity contribution < 1.29 is 4.79 Å². The Morgan fingerprint density at radius 1 is 1.23 bits per heavy atom. The van der Waals surface area contributed by atoms with Gasteiger partial charge >= 0.3 is 0 Å². The van der Waals surface area contributed by atoms with Crippen LogP contribution in [0.3, 0.4) is 0 Å². The molecule has 1 aliphatic heterocycles. The maximum Gasteiger partial charge on any atom is 0.254 e. The van der Waals surface area contributed by atoms with E-state index in [4.69, 9.17) is 0 Å². The van der Waals surface area contributed by atoms with Gasteiger partial charge in [0.05, 0.1) is 6.33 Å². The molecule has 0 N–H and O–H groups in total. The van der Waals surface area contributed by atoms with Gasteiger partial charge in [0.25, 0.3) is 5.91 Å². The molecule has 0 unspecified atom stereocenters. The number of likely N-dealkylation sites (tertiary alicyclic amines) is 1. The fourth-order valence-electron chi connectivity index (χ4n) is 3.91. The summed E-state index contributed by atoms with van der Waals surface area (Å²) in [5.41, 5.74) is 2.16. The Hall–Kier alpha value is -2.10. The summed E-state index contributed by atoms with van der Waals surface area (Å²) in [6.45, 7) is 1.68. The lowest BCUT2D eigenvalue weighted by molar-refractivity contribution is 0.0367. The highest BCUT2D eigenvalue weighted by Crippen LogP contribution is 2.45. The maximum absolute atomic E-state index is 12.9. The summed E-state index contributed by atoms with van der Waals surface area (Å²) in [7, 11) is 0. The van der Waals surface area contributed by atoms with E-state index in [0.717, 1.165) is 30.6 Å². The number of nitrogens with zero attached hydrogens (tertiary/aromatic N) is 3. The van der Waals surface area contributed by atoms with Crippen LogP contribution >= 0.6 is 0 Å². The average Bonchev–Trinajstić information content (AvgIpc) is 3.15. The number of carbonyl (C=O) groups excluding carboxylic acids is 1. The van der Waals surface area contributed by atoms with E-state index in [9.17, 15) is 4.79 Å². The van der Waals surface area contributed by atoms with E-state index >= 15 is 0 Å². The second-order valence-electron chi connectivity index (χ2n) is 6.57. The van der Waals surface area contributed by atoms with Crippen molar-refractivity contribution in [3.05, 3.63) is 54.1 Å². The normalized spacial score (nSPS) is 19.4. The standard InChI is InChI=1S/C18H21N3O/c22-17(21-10-3-8-18(21)6-2-7-18)16-5-1-4-15(12-16)13-20-11-9-19-14-20/h1,4-5,9,11-12,14H,2-3,6-8,10,13H2. The minimum absolute atomic E-state index is 0.192. The van der Waals surface area contributed by atoms with Gasteiger partial charge in [0.15, 0.2) is 0 Å². The molecule has 1 saturated heterocycles. The van der Waals surface area contributed by atoms with Crippen molar-refractivity contribution in [3.63, 3.8) is 0 Å². The predicted octanol–water partition coefficient (Wildman–Crippen LogP) is 3.09. The van der Waals surface area contributed by atoms with Crippen LogP contribution in [0.15, 0.2) is 43.0 Å². The van der Waals surface area contributed by atoms with Crippen molar-refractivity contribution in [1.82, 2.24) is 14.5 Å². The number of hydrogen-bond donors (Lipinski definition) is 0. The van der Waals surface area contributed by atoms with Gasteiger partial charge < -0.3 is 9.47 Å².